The third-order valence-electron chi connectivity index (χ3n) is 12.2. The topological polar surface area (TPSA) is 72.7 Å². The minimum atomic E-state index is -0.610. The van der Waals surface area contributed by atoms with Crippen LogP contribution in [0.1, 0.15) is 86.5 Å². The van der Waals surface area contributed by atoms with Crippen molar-refractivity contribution in [2.24, 2.45) is 45.8 Å². The maximum atomic E-state index is 14.4. The summed E-state index contributed by atoms with van der Waals surface area (Å²) in [6.45, 7) is 14.0. The minimum absolute atomic E-state index is 0.0800. The molecular weight excluding hydrogens is 466 g/mol. The molecule has 6 aliphatic rings. The first kappa shape index (κ1) is 25.5. The summed E-state index contributed by atoms with van der Waals surface area (Å²) in [4.78, 5) is 40.9. The molecule has 10 atom stereocenters. The van der Waals surface area contributed by atoms with Gasteiger partial charge in [0.2, 0.25) is 0 Å². The Kier molecular flexibility index (Phi) is 5.41. The fourth-order valence-electron chi connectivity index (χ4n) is 10.5. The molecule has 3 aliphatic carbocycles. The van der Waals surface area contributed by atoms with Crippen molar-refractivity contribution in [1.82, 2.24) is 0 Å². The SMILES string of the molecule is COC(=O)C[C@@]1(C)[C@H]2C(=O)[C@H](C)[C@@H]3C(=O)C=C(C)C[C@H]3[C@]2(C)CC2=[N+]3C[C@H]4C[C@H](C)C[C@]3(CC[C@]21C)O4. The van der Waals surface area contributed by atoms with E-state index >= 15 is 0 Å². The van der Waals surface area contributed by atoms with E-state index in [2.05, 4.69) is 39.2 Å². The first-order valence-corrected chi connectivity index (χ1v) is 14.4. The van der Waals surface area contributed by atoms with Crippen LogP contribution in [0.5, 0.6) is 0 Å². The van der Waals surface area contributed by atoms with Crippen LogP contribution in [0, 0.1) is 45.8 Å². The standard InChI is InChI=1S/C31H44NO5/c1-17-11-21-25(22(33)12-17)19(3)26(35)27-28(21,4)14-23-29(5,30(27,6)15-24(34)36-7)8-9-31-13-18(2)10-20(37-31)16-32(23)31/h12,18-21,25,27H,8-11,13-16H2,1-7H3/q+1/t18-,19+,20+,21+,25-,27-,28-,29+,30-,31-/m0/s1. The van der Waals surface area contributed by atoms with Crippen molar-refractivity contribution in [2.45, 2.75) is 98.3 Å². The van der Waals surface area contributed by atoms with Crippen molar-refractivity contribution >= 4 is 23.2 Å². The second kappa shape index (κ2) is 7.86. The number of ether oxygens (including phenoxy) is 2. The number of Topliss-reactive ketones (excluding diaryl/α,β-unsaturated/α-hetero) is 1. The minimum Gasteiger partial charge on any atom is -0.469 e. The predicted molar refractivity (Wildman–Crippen MR) is 139 cm³/mol. The molecule has 6 rings (SSSR count). The van der Waals surface area contributed by atoms with E-state index in [-0.39, 0.29) is 64.9 Å². The number of hydrogen-bond donors (Lipinski definition) is 0. The molecule has 6 nitrogen and oxygen atoms in total. The number of carbonyl (C=O) groups is 3. The average Bonchev–Trinajstić information content (AvgIpc) is 3.09. The number of esters is 1. The van der Waals surface area contributed by atoms with Crippen molar-refractivity contribution in [1.29, 1.82) is 0 Å². The van der Waals surface area contributed by atoms with E-state index in [1.54, 1.807) is 6.08 Å². The third kappa shape index (κ3) is 3.14. The monoisotopic (exact) mass is 510 g/mol. The van der Waals surface area contributed by atoms with Gasteiger partial charge in [0, 0.05) is 42.4 Å². The maximum absolute atomic E-state index is 14.4. The number of hydrogen-bond acceptors (Lipinski definition) is 5. The molecule has 6 heteroatoms. The quantitative estimate of drug-likeness (QED) is 0.397. The number of nitrogens with zero attached hydrogens (tertiary/aromatic N) is 1. The molecule has 2 saturated heterocycles. The highest BCUT2D eigenvalue weighted by molar-refractivity contribution is 6.02. The zero-order chi connectivity index (χ0) is 26.7. The fraction of sp³-hybridized carbons (Fsp3) is 0.806. The van der Waals surface area contributed by atoms with Gasteiger partial charge in [0.05, 0.1) is 18.9 Å². The Labute approximate surface area is 221 Å². The lowest BCUT2D eigenvalue weighted by Gasteiger charge is -2.66. The van der Waals surface area contributed by atoms with Gasteiger partial charge in [-0.15, -0.1) is 0 Å². The van der Waals surface area contributed by atoms with Gasteiger partial charge in [-0.3, -0.25) is 14.4 Å². The van der Waals surface area contributed by atoms with E-state index in [4.69, 9.17) is 9.47 Å². The molecule has 0 unspecified atom stereocenters. The van der Waals surface area contributed by atoms with Crippen molar-refractivity contribution in [2.75, 3.05) is 13.7 Å². The Morgan fingerprint density at radius 2 is 1.92 bits per heavy atom. The van der Waals surface area contributed by atoms with E-state index in [9.17, 15) is 14.4 Å². The smallest absolute Gasteiger partial charge is 0.306 e. The zero-order valence-electron chi connectivity index (χ0n) is 23.7. The lowest BCUT2D eigenvalue weighted by Crippen LogP contribution is -2.71. The number of fused-ring (bicyclic) bond motifs is 5. The summed E-state index contributed by atoms with van der Waals surface area (Å²) in [6, 6.07) is 0. The second-order valence-electron chi connectivity index (χ2n) is 14.3. The highest BCUT2D eigenvalue weighted by atomic mass is 16.5. The Morgan fingerprint density at radius 1 is 1.19 bits per heavy atom. The summed E-state index contributed by atoms with van der Waals surface area (Å²) in [5, 5.41) is 0. The van der Waals surface area contributed by atoms with Gasteiger partial charge in [-0.2, -0.15) is 0 Å². The van der Waals surface area contributed by atoms with Gasteiger partial charge in [-0.05, 0) is 56.4 Å². The molecule has 4 fully saturated rings. The summed E-state index contributed by atoms with van der Waals surface area (Å²) >= 11 is 0. The van der Waals surface area contributed by atoms with Crippen molar-refractivity contribution < 1.29 is 28.4 Å². The summed E-state index contributed by atoms with van der Waals surface area (Å²) in [5.41, 5.74) is 0.845. The highest BCUT2D eigenvalue weighted by Crippen LogP contribution is 2.70. The molecule has 0 N–H and O–H groups in total. The lowest BCUT2D eigenvalue weighted by molar-refractivity contribution is -0.635. The third-order valence-corrected chi connectivity index (χ3v) is 12.2. The molecule has 0 aromatic rings. The molecule has 3 aliphatic heterocycles. The number of ketones is 2. The van der Waals surface area contributed by atoms with Crippen LogP contribution in [-0.4, -0.2) is 53.3 Å². The van der Waals surface area contributed by atoms with Gasteiger partial charge in [0.1, 0.15) is 11.9 Å². The normalized spacial score (nSPS) is 50.5. The molecule has 202 valence electrons. The average molecular weight is 511 g/mol. The van der Waals surface area contributed by atoms with E-state index in [0.717, 1.165) is 50.6 Å². The molecule has 0 radical (unpaired) electrons. The number of rotatable bonds is 2. The molecule has 2 saturated carbocycles. The highest BCUT2D eigenvalue weighted by Gasteiger charge is 2.75. The first-order valence-electron chi connectivity index (χ1n) is 14.4. The van der Waals surface area contributed by atoms with Crippen molar-refractivity contribution in [3.8, 4) is 0 Å². The molecular formula is C31H44NO5+. The van der Waals surface area contributed by atoms with Gasteiger partial charge >= 0.3 is 5.97 Å². The van der Waals surface area contributed by atoms with Gasteiger partial charge in [0.25, 0.3) is 5.72 Å². The zero-order valence-corrected chi connectivity index (χ0v) is 23.7. The summed E-state index contributed by atoms with van der Waals surface area (Å²) in [5.74, 6) is -0.208. The van der Waals surface area contributed by atoms with Crippen molar-refractivity contribution in [3.05, 3.63) is 11.6 Å². The Balaban J connectivity index is 1.59. The molecule has 0 aromatic carbocycles. The van der Waals surface area contributed by atoms with Gasteiger partial charge < -0.3 is 9.47 Å². The van der Waals surface area contributed by atoms with Crippen LogP contribution >= 0.6 is 0 Å². The van der Waals surface area contributed by atoms with E-state index < -0.39 is 10.8 Å². The van der Waals surface area contributed by atoms with Crippen LogP contribution in [0.4, 0.5) is 0 Å². The van der Waals surface area contributed by atoms with Crippen LogP contribution in [-0.2, 0) is 23.9 Å². The number of methoxy groups -OCH3 is 1. The molecule has 3 heterocycles. The number of carbonyl (C=O) groups excluding carboxylic acids is 3. The van der Waals surface area contributed by atoms with Gasteiger partial charge in [-0.25, -0.2) is 4.58 Å². The maximum Gasteiger partial charge on any atom is 0.306 e. The molecule has 0 aromatic heterocycles. The molecule has 0 amide bonds. The van der Waals surface area contributed by atoms with E-state index in [1.807, 2.05) is 6.92 Å². The fourth-order valence-corrected chi connectivity index (χ4v) is 10.5. The summed E-state index contributed by atoms with van der Waals surface area (Å²) in [6.07, 6.45) is 7.77. The van der Waals surface area contributed by atoms with E-state index in [0.29, 0.717) is 5.92 Å². The summed E-state index contributed by atoms with van der Waals surface area (Å²) < 4.78 is 14.6. The van der Waals surface area contributed by atoms with Crippen LogP contribution < -0.4 is 0 Å². The van der Waals surface area contributed by atoms with Crippen LogP contribution in [0.2, 0.25) is 0 Å². The van der Waals surface area contributed by atoms with Gasteiger partial charge in [-0.1, -0.05) is 33.3 Å². The lowest BCUT2D eigenvalue weighted by atomic mass is 9.35. The van der Waals surface area contributed by atoms with Gasteiger partial charge in [0.15, 0.2) is 18.0 Å². The predicted octanol–water partition coefficient (Wildman–Crippen LogP) is 4.73. The van der Waals surface area contributed by atoms with Crippen molar-refractivity contribution in [3.63, 3.8) is 0 Å². The molecule has 1 spiro atoms. The molecule has 2 bridgehead atoms. The second-order valence-corrected chi connectivity index (χ2v) is 14.3. The van der Waals surface area contributed by atoms with Crippen LogP contribution in [0.15, 0.2) is 11.6 Å². The Hall–Kier alpha value is -1.82. The first-order chi connectivity index (χ1) is 17.3. The van der Waals surface area contributed by atoms with Crippen LogP contribution in [0.3, 0.4) is 0 Å². The number of allylic oxidation sites excluding steroid dienone is 2. The van der Waals surface area contributed by atoms with E-state index in [1.165, 1.54) is 12.8 Å². The Morgan fingerprint density at radius 3 is 2.62 bits per heavy atom. The molecule has 37 heavy (non-hydrogen) atoms. The Bertz CT molecular complexity index is 1150. The summed E-state index contributed by atoms with van der Waals surface area (Å²) in [7, 11) is 1.45. The van der Waals surface area contributed by atoms with Crippen LogP contribution in [0.25, 0.3) is 0 Å². The largest absolute Gasteiger partial charge is 0.469 e.